The predicted molar refractivity (Wildman–Crippen MR) is 177 cm³/mol. The number of nitrogens with one attached hydrogen (secondary N) is 2. The summed E-state index contributed by atoms with van der Waals surface area (Å²) in [7, 11) is 0. The summed E-state index contributed by atoms with van der Waals surface area (Å²) in [6.45, 7) is 4.54. The molecule has 0 aliphatic carbocycles. The van der Waals surface area contributed by atoms with Crippen molar-refractivity contribution in [1.82, 2.24) is 15.5 Å². The van der Waals surface area contributed by atoms with E-state index in [1.807, 2.05) is 36.4 Å². The second-order valence-corrected chi connectivity index (χ2v) is 12.0. The maximum atomic E-state index is 13.6. The Balaban J connectivity index is 0.00000242. The number of carbonyl (C=O) groups is 1. The van der Waals surface area contributed by atoms with Gasteiger partial charge < -0.3 is 20.6 Å². The number of nitrogens with zero attached hydrogens (tertiary/aromatic N) is 1. The minimum Gasteiger partial charge on any atom is -0.385 e. The van der Waals surface area contributed by atoms with Gasteiger partial charge >= 0.3 is 0 Å². The summed E-state index contributed by atoms with van der Waals surface area (Å²) in [5, 5.41) is 18.8. The standard InChI is InChI=1S/C34H42ClN3O2.2ClH/c35-30-14-12-29(13-15-30)34(40)19-24-38(25-20-34)23-7-18-33(27-8-3-1-4-9-27,28-10-5-2-6-11-28)26-32(39)37-31-16-21-36-22-17-31;;/h1-6,8-15,31,36,40H,7,16-26H2,(H,37,39);2*1H. The lowest BCUT2D eigenvalue weighted by molar-refractivity contribution is -0.123. The molecule has 0 radical (unpaired) electrons. The Bertz CT molecular complexity index is 1170. The molecular formula is C34H44Cl3N3O2. The van der Waals surface area contributed by atoms with Gasteiger partial charge in [-0.05, 0) is 87.0 Å². The topological polar surface area (TPSA) is 64.6 Å². The fraction of sp³-hybridized carbons (Fsp3) is 0.441. The number of carbonyl (C=O) groups excluding carboxylic acids is 1. The highest BCUT2D eigenvalue weighted by Gasteiger charge is 2.38. The third kappa shape index (κ3) is 8.49. The smallest absolute Gasteiger partial charge is 0.221 e. The van der Waals surface area contributed by atoms with Gasteiger partial charge in [-0.1, -0.05) is 84.4 Å². The van der Waals surface area contributed by atoms with Crippen molar-refractivity contribution < 1.29 is 9.90 Å². The Kier molecular flexibility index (Phi) is 13.2. The van der Waals surface area contributed by atoms with E-state index in [0.717, 1.165) is 64.0 Å². The second kappa shape index (κ2) is 16.1. The molecule has 3 aromatic carbocycles. The highest BCUT2D eigenvalue weighted by molar-refractivity contribution is 6.30. The Hall–Kier alpha value is -2.12. The number of hydrogen-bond acceptors (Lipinski definition) is 4. The fourth-order valence-corrected chi connectivity index (χ4v) is 6.71. The number of piperidine rings is 2. The van der Waals surface area contributed by atoms with E-state index in [-0.39, 0.29) is 36.8 Å². The number of aliphatic hydroxyl groups is 1. The van der Waals surface area contributed by atoms with Crippen LogP contribution in [-0.2, 0) is 15.8 Å². The van der Waals surface area contributed by atoms with E-state index in [2.05, 4.69) is 64.1 Å². The predicted octanol–water partition coefficient (Wildman–Crippen LogP) is 6.49. The van der Waals surface area contributed by atoms with Crippen molar-refractivity contribution in [2.75, 3.05) is 32.7 Å². The average Bonchev–Trinajstić information content (AvgIpc) is 2.99. The molecule has 42 heavy (non-hydrogen) atoms. The van der Waals surface area contributed by atoms with Crippen LogP contribution in [0.15, 0.2) is 84.9 Å². The van der Waals surface area contributed by atoms with Crippen LogP contribution in [0, 0.1) is 0 Å². The second-order valence-electron chi connectivity index (χ2n) is 11.6. The summed E-state index contributed by atoms with van der Waals surface area (Å²) < 4.78 is 0. The summed E-state index contributed by atoms with van der Waals surface area (Å²) in [6.07, 6.45) is 5.63. The molecule has 0 saturated carbocycles. The summed E-state index contributed by atoms with van der Waals surface area (Å²) in [6, 6.07) is 29.0. The first-order chi connectivity index (χ1) is 19.5. The van der Waals surface area contributed by atoms with Crippen molar-refractivity contribution in [2.45, 2.75) is 62.0 Å². The van der Waals surface area contributed by atoms with Gasteiger partial charge in [-0.3, -0.25) is 4.79 Å². The van der Waals surface area contributed by atoms with Crippen molar-refractivity contribution in [2.24, 2.45) is 0 Å². The third-order valence-corrected chi connectivity index (χ3v) is 9.21. The molecule has 228 valence electrons. The highest BCUT2D eigenvalue weighted by Crippen LogP contribution is 2.41. The molecule has 5 nitrogen and oxygen atoms in total. The number of benzene rings is 3. The lowest BCUT2D eigenvalue weighted by Crippen LogP contribution is -2.45. The zero-order valence-electron chi connectivity index (χ0n) is 24.1. The van der Waals surface area contributed by atoms with Gasteiger partial charge in [0.2, 0.25) is 5.91 Å². The third-order valence-electron chi connectivity index (χ3n) is 8.96. The Labute approximate surface area is 268 Å². The molecule has 5 rings (SSSR count). The van der Waals surface area contributed by atoms with Crippen LogP contribution >= 0.6 is 36.4 Å². The molecule has 8 heteroatoms. The summed E-state index contributed by atoms with van der Waals surface area (Å²) in [5.41, 5.74) is 2.13. The van der Waals surface area contributed by atoms with Crippen LogP contribution in [0.5, 0.6) is 0 Å². The molecular weight excluding hydrogens is 589 g/mol. The zero-order chi connectivity index (χ0) is 27.8. The van der Waals surface area contributed by atoms with Gasteiger partial charge in [0, 0.05) is 36.0 Å². The van der Waals surface area contributed by atoms with Crippen LogP contribution in [0.2, 0.25) is 5.02 Å². The zero-order valence-corrected chi connectivity index (χ0v) is 26.5. The quantitative estimate of drug-likeness (QED) is 0.239. The molecule has 2 aliphatic heterocycles. The lowest BCUT2D eigenvalue weighted by atomic mass is 9.68. The van der Waals surface area contributed by atoms with Crippen molar-refractivity contribution in [1.29, 1.82) is 0 Å². The largest absolute Gasteiger partial charge is 0.385 e. The molecule has 0 bridgehead atoms. The molecule has 0 aromatic heterocycles. The van der Waals surface area contributed by atoms with E-state index in [1.165, 1.54) is 11.1 Å². The van der Waals surface area contributed by atoms with Crippen LogP contribution in [0.25, 0.3) is 0 Å². The molecule has 2 fully saturated rings. The normalized spacial score (nSPS) is 17.5. The van der Waals surface area contributed by atoms with Gasteiger partial charge in [0.15, 0.2) is 0 Å². The van der Waals surface area contributed by atoms with Crippen LogP contribution in [-0.4, -0.2) is 54.7 Å². The molecule has 1 amide bonds. The summed E-state index contributed by atoms with van der Waals surface area (Å²) in [4.78, 5) is 16.0. The fourth-order valence-electron chi connectivity index (χ4n) is 6.58. The van der Waals surface area contributed by atoms with E-state index in [1.54, 1.807) is 0 Å². The number of amides is 1. The van der Waals surface area contributed by atoms with E-state index in [9.17, 15) is 9.90 Å². The van der Waals surface area contributed by atoms with Gasteiger partial charge in [-0.25, -0.2) is 0 Å². The van der Waals surface area contributed by atoms with Gasteiger partial charge in [0.1, 0.15) is 0 Å². The van der Waals surface area contributed by atoms with Gasteiger partial charge in [-0.15, -0.1) is 24.8 Å². The Morgan fingerprint density at radius 2 is 1.45 bits per heavy atom. The molecule has 2 aliphatic rings. The van der Waals surface area contributed by atoms with Crippen LogP contribution in [0.1, 0.15) is 61.6 Å². The van der Waals surface area contributed by atoms with E-state index in [0.29, 0.717) is 24.3 Å². The maximum Gasteiger partial charge on any atom is 0.221 e. The van der Waals surface area contributed by atoms with Crippen LogP contribution < -0.4 is 10.6 Å². The Morgan fingerprint density at radius 1 is 0.905 bits per heavy atom. The first kappa shape index (κ1) is 34.4. The molecule has 0 unspecified atom stereocenters. The van der Waals surface area contributed by atoms with E-state index >= 15 is 0 Å². The Morgan fingerprint density at radius 3 is 2.00 bits per heavy atom. The first-order valence-corrected chi connectivity index (χ1v) is 15.2. The lowest BCUT2D eigenvalue weighted by Gasteiger charge is -2.40. The number of likely N-dealkylation sites (tertiary alicyclic amines) is 1. The molecule has 3 N–H and O–H groups in total. The van der Waals surface area contributed by atoms with Crippen molar-refractivity contribution in [3.63, 3.8) is 0 Å². The monoisotopic (exact) mass is 631 g/mol. The van der Waals surface area contributed by atoms with Gasteiger partial charge in [0.05, 0.1) is 5.60 Å². The molecule has 2 saturated heterocycles. The van der Waals surface area contributed by atoms with Gasteiger partial charge in [0.25, 0.3) is 0 Å². The molecule has 2 heterocycles. The SMILES string of the molecule is Cl.Cl.O=C(CC(CCCN1CCC(O)(c2ccc(Cl)cc2)CC1)(c1ccccc1)c1ccccc1)NC1CCNCC1. The molecule has 0 atom stereocenters. The summed E-state index contributed by atoms with van der Waals surface area (Å²) >= 11 is 6.06. The number of rotatable bonds is 10. The van der Waals surface area contributed by atoms with Gasteiger partial charge in [-0.2, -0.15) is 0 Å². The van der Waals surface area contributed by atoms with Crippen LogP contribution in [0.4, 0.5) is 0 Å². The van der Waals surface area contributed by atoms with E-state index < -0.39 is 11.0 Å². The summed E-state index contributed by atoms with van der Waals surface area (Å²) in [5.74, 6) is 0.130. The van der Waals surface area contributed by atoms with Crippen molar-refractivity contribution in [3.05, 3.63) is 107 Å². The maximum absolute atomic E-state index is 13.6. The van der Waals surface area contributed by atoms with Crippen molar-refractivity contribution >= 4 is 42.3 Å². The number of halogens is 3. The first-order valence-electron chi connectivity index (χ1n) is 14.8. The molecule has 0 spiro atoms. The highest BCUT2D eigenvalue weighted by atomic mass is 35.5. The minimum absolute atomic E-state index is 0. The van der Waals surface area contributed by atoms with Crippen molar-refractivity contribution in [3.8, 4) is 0 Å². The molecule has 3 aromatic rings. The number of hydrogen-bond donors (Lipinski definition) is 3. The van der Waals surface area contributed by atoms with E-state index in [4.69, 9.17) is 11.6 Å². The van der Waals surface area contributed by atoms with Crippen LogP contribution in [0.3, 0.4) is 0 Å². The average molecular weight is 633 g/mol. The minimum atomic E-state index is -0.800.